The minimum absolute atomic E-state index is 0.270. The van der Waals surface area contributed by atoms with Crippen LogP contribution in [0.5, 0.6) is 0 Å². The van der Waals surface area contributed by atoms with Gasteiger partial charge in [-0.1, -0.05) is 42.0 Å². The van der Waals surface area contributed by atoms with Crippen LogP contribution >= 0.6 is 11.3 Å². The molecule has 0 bridgehead atoms. The monoisotopic (exact) mass is 291 g/mol. The Morgan fingerprint density at radius 3 is 2.71 bits per heavy atom. The molecule has 1 aliphatic heterocycles. The van der Waals surface area contributed by atoms with Crippen LogP contribution in [0.2, 0.25) is 0 Å². The van der Waals surface area contributed by atoms with Crippen LogP contribution in [0.25, 0.3) is 20.2 Å². The smallest absolute Gasteiger partial charge is 0.0714 e. The van der Waals surface area contributed by atoms with E-state index in [1.165, 1.54) is 36.9 Å². The molecular weight excluding hydrogens is 274 g/mol. The summed E-state index contributed by atoms with van der Waals surface area (Å²) >= 11 is 1.90. The molecule has 104 valence electrons. The summed E-state index contributed by atoms with van der Waals surface area (Å²) in [7, 11) is 0. The third-order valence-corrected chi connectivity index (χ3v) is 5.39. The highest BCUT2D eigenvalue weighted by Gasteiger charge is 2.18. The molecule has 1 aromatic heterocycles. The molecule has 2 heterocycles. The minimum atomic E-state index is 0.270. The molecule has 0 saturated carbocycles. The number of hydrogen-bond acceptors (Lipinski definition) is 2. The molecular formula is C19H17NS. The van der Waals surface area contributed by atoms with Crippen LogP contribution < -0.4 is 5.32 Å². The first kappa shape index (κ1) is 12.7. The van der Waals surface area contributed by atoms with Crippen molar-refractivity contribution in [2.45, 2.75) is 19.9 Å². The number of allylic oxidation sites excluding steroid dienone is 2. The predicted molar refractivity (Wildman–Crippen MR) is 92.8 cm³/mol. The van der Waals surface area contributed by atoms with E-state index in [-0.39, 0.29) is 6.04 Å². The van der Waals surface area contributed by atoms with Crippen LogP contribution in [0.3, 0.4) is 0 Å². The van der Waals surface area contributed by atoms with Gasteiger partial charge in [0.2, 0.25) is 0 Å². The van der Waals surface area contributed by atoms with Crippen molar-refractivity contribution < 1.29 is 0 Å². The van der Waals surface area contributed by atoms with Crippen molar-refractivity contribution in [2.24, 2.45) is 0 Å². The number of hydrogen-bond donors (Lipinski definition) is 1. The Hall–Kier alpha value is -2.06. The van der Waals surface area contributed by atoms with Crippen LogP contribution in [0.4, 0.5) is 0 Å². The summed E-state index contributed by atoms with van der Waals surface area (Å²) in [4.78, 5) is 0. The zero-order valence-electron chi connectivity index (χ0n) is 12.2. The van der Waals surface area contributed by atoms with Crippen molar-refractivity contribution in [3.63, 3.8) is 0 Å². The quantitative estimate of drug-likeness (QED) is 0.627. The van der Waals surface area contributed by atoms with Crippen molar-refractivity contribution >= 4 is 31.5 Å². The van der Waals surface area contributed by atoms with Gasteiger partial charge in [-0.05, 0) is 43.3 Å². The Balaban J connectivity index is 2.03. The summed E-state index contributed by atoms with van der Waals surface area (Å²) in [5.74, 6) is 0. The van der Waals surface area contributed by atoms with Gasteiger partial charge in [0.1, 0.15) is 0 Å². The topological polar surface area (TPSA) is 12.0 Å². The molecule has 0 spiro atoms. The molecule has 1 atom stereocenters. The SMILES string of the molecule is CC1=CC(c2c(C)ccc3c2sc2ccccc23)NC=C1. The van der Waals surface area contributed by atoms with Gasteiger partial charge in [0.25, 0.3) is 0 Å². The van der Waals surface area contributed by atoms with Crippen molar-refractivity contribution in [1.29, 1.82) is 0 Å². The lowest BCUT2D eigenvalue weighted by atomic mass is 9.96. The minimum Gasteiger partial charge on any atom is -0.381 e. The molecule has 1 nitrogen and oxygen atoms in total. The third kappa shape index (κ3) is 1.98. The molecule has 3 aromatic rings. The molecule has 1 aliphatic rings. The lowest BCUT2D eigenvalue weighted by molar-refractivity contribution is 0.741. The number of dihydropyridines is 1. The van der Waals surface area contributed by atoms with Crippen LogP contribution in [-0.2, 0) is 0 Å². The Labute approximate surface area is 128 Å². The van der Waals surface area contributed by atoms with Crippen LogP contribution in [0, 0.1) is 6.92 Å². The average molecular weight is 291 g/mol. The summed E-state index contributed by atoms with van der Waals surface area (Å²) in [6.07, 6.45) is 6.49. The third-order valence-electron chi connectivity index (χ3n) is 4.17. The van der Waals surface area contributed by atoms with Gasteiger partial charge in [0.15, 0.2) is 0 Å². The number of rotatable bonds is 1. The number of fused-ring (bicyclic) bond motifs is 3. The maximum atomic E-state index is 3.49. The fourth-order valence-electron chi connectivity index (χ4n) is 3.11. The van der Waals surface area contributed by atoms with Gasteiger partial charge >= 0.3 is 0 Å². The molecule has 2 heteroatoms. The molecule has 0 aliphatic carbocycles. The Morgan fingerprint density at radius 1 is 1.00 bits per heavy atom. The number of benzene rings is 2. The van der Waals surface area contributed by atoms with Gasteiger partial charge < -0.3 is 5.32 Å². The predicted octanol–water partition coefficient (Wildman–Crippen LogP) is 5.47. The molecule has 0 saturated heterocycles. The highest BCUT2D eigenvalue weighted by molar-refractivity contribution is 7.26. The van der Waals surface area contributed by atoms with E-state index in [4.69, 9.17) is 0 Å². The molecule has 21 heavy (non-hydrogen) atoms. The van der Waals surface area contributed by atoms with E-state index >= 15 is 0 Å². The van der Waals surface area contributed by atoms with E-state index in [0.717, 1.165) is 0 Å². The van der Waals surface area contributed by atoms with Gasteiger partial charge in [0.05, 0.1) is 6.04 Å². The summed E-state index contributed by atoms with van der Waals surface area (Å²) in [6.45, 7) is 4.37. The van der Waals surface area contributed by atoms with E-state index in [9.17, 15) is 0 Å². The van der Waals surface area contributed by atoms with Crippen LogP contribution in [0.15, 0.2) is 60.3 Å². The second kappa shape index (κ2) is 4.74. The van der Waals surface area contributed by atoms with Crippen molar-refractivity contribution in [3.05, 3.63) is 71.5 Å². The van der Waals surface area contributed by atoms with Crippen molar-refractivity contribution in [3.8, 4) is 0 Å². The Kier molecular flexibility index (Phi) is 2.86. The maximum Gasteiger partial charge on any atom is 0.0714 e. The average Bonchev–Trinajstić information content (AvgIpc) is 2.85. The Bertz CT molecular complexity index is 898. The first-order chi connectivity index (χ1) is 10.2. The fraction of sp³-hybridized carbons (Fsp3) is 0.158. The molecule has 1 N–H and O–H groups in total. The lowest BCUT2D eigenvalue weighted by Gasteiger charge is -2.21. The number of aryl methyl sites for hydroxylation is 1. The first-order valence-corrected chi connectivity index (χ1v) is 8.07. The largest absolute Gasteiger partial charge is 0.381 e. The molecule has 0 radical (unpaired) electrons. The zero-order chi connectivity index (χ0) is 14.4. The van der Waals surface area contributed by atoms with Gasteiger partial charge in [0, 0.05) is 20.2 Å². The summed E-state index contributed by atoms with van der Waals surface area (Å²) in [5.41, 5.74) is 4.08. The summed E-state index contributed by atoms with van der Waals surface area (Å²) in [6, 6.07) is 13.5. The fourth-order valence-corrected chi connectivity index (χ4v) is 4.45. The first-order valence-electron chi connectivity index (χ1n) is 7.26. The van der Waals surface area contributed by atoms with Crippen molar-refractivity contribution in [2.75, 3.05) is 0 Å². The molecule has 2 aromatic carbocycles. The van der Waals surface area contributed by atoms with E-state index < -0.39 is 0 Å². The standard InChI is InChI=1S/C19H17NS/c1-12-9-10-20-16(11-12)18-13(2)7-8-15-14-5-3-4-6-17(14)21-19(15)18/h3-11,16,20H,1-2H3. The van der Waals surface area contributed by atoms with E-state index in [1.54, 1.807) is 0 Å². The van der Waals surface area contributed by atoms with Crippen LogP contribution in [-0.4, -0.2) is 0 Å². The second-order valence-corrected chi connectivity index (χ2v) is 6.71. The zero-order valence-corrected chi connectivity index (χ0v) is 13.0. The summed E-state index contributed by atoms with van der Waals surface area (Å²) in [5, 5.41) is 6.23. The van der Waals surface area contributed by atoms with Gasteiger partial charge in [-0.25, -0.2) is 0 Å². The highest BCUT2D eigenvalue weighted by atomic mass is 32.1. The second-order valence-electron chi connectivity index (χ2n) is 5.66. The van der Waals surface area contributed by atoms with E-state index in [0.29, 0.717) is 0 Å². The Morgan fingerprint density at radius 2 is 1.86 bits per heavy atom. The van der Waals surface area contributed by atoms with Crippen LogP contribution in [0.1, 0.15) is 24.1 Å². The molecule has 4 rings (SSSR count). The van der Waals surface area contributed by atoms with Crippen molar-refractivity contribution in [1.82, 2.24) is 5.32 Å². The number of thiophene rings is 1. The maximum absolute atomic E-state index is 3.49. The summed E-state index contributed by atoms with van der Waals surface area (Å²) < 4.78 is 2.78. The number of nitrogens with one attached hydrogen (secondary N) is 1. The molecule has 0 fully saturated rings. The molecule has 1 unspecified atom stereocenters. The van der Waals surface area contributed by atoms with Gasteiger partial charge in [-0.15, -0.1) is 11.3 Å². The molecule has 0 amide bonds. The van der Waals surface area contributed by atoms with E-state index in [2.05, 4.69) is 73.9 Å². The van der Waals surface area contributed by atoms with Gasteiger partial charge in [-0.2, -0.15) is 0 Å². The lowest BCUT2D eigenvalue weighted by Crippen LogP contribution is -2.17. The highest BCUT2D eigenvalue weighted by Crippen LogP contribution is 2.40. The van der Waals surface area contributed by atoms with Gasteiger partial charge in [-0.3, -0.25) is 0 Å². The van der Waals surface area contributed by atoms with E-state index in [1.807, 2.05) is 11.3 Å². The normalized spacial score (nSPS) is 18.0.